The molecule has 0 spiro atoms. The molecule has 0 bridgehead atoms. The average molecular weight is 184 g/mol. The summed E-state index contributed by atoms with van der Waals surface area (Å²) in [6.07, 6.45) is 6.17. The van der Waals surface area contributed by atoms with E-state index in [0.29, 0.717) is 12.0 Å². The molecule has 0 saturated heterocycles. The zero-order valence-corrected chi connectivity index (χ0v) is 8.60. The number of carbonyl (C=O) groups is 1. The van der Waals surface area contributed by atoms with E-state index in [2.05, 4.69) is 17.6 Å². The number of nitrogens with one attached hydrogen (secondary N) is 2. The Balaban J connectivity index is 2.40. The molecule has 0 aromatic carbocycles. The zero-order chi connectivity index (χ0) is 9.68. The molecule has 0 aromatic heterocycles. The second kappa shape index (κ2) is 5.10. The molecule has 2 N–H and O–H groups in total. The highest BCUT2D eigenvalue weighted by molar-refractivity contribution is 5.73. The van der Waals surface area contributed by atoms with E-state index in [0.717, 1.165) is 6.42 Å². The van der Waals surface area contributed by atoms with E-state index in [1.54, 1.807) is 7.05 Å². The van der Waals surface area contributed by atoms with Crippen molar-refractivity contribution in [2.45, 2.75) is 45.1 Å². The Labute approximate surface area is 80.3 Å². The highest BCUT2D eigenvalue weighted by Crippen LogP contribution is 2.26. The van der Waals surface area contributed by atoms with Gasteiger partial charge >= 0.3 is 6.03 Å². The standard InChI is InChI=1S/C10H20N2O/c1-3-8-6-4-5-7-9(8)12-10(13)11-2/h8-9H,3-7H2,1-2H3,(H2,11,12,13). The van der Waals surface area contributed by atoms with Crippen LogP contribution in [0, 0.1) is 5.92 Å². The number of rotatable bonds is 2. The Morgan fingerprint density at radius 3 is 2.69 bits per heavy atom. The molecule has 0 heterocycles. The lowest BCUT2D eigenvalue weighted by atomic mass is 9.83. The topological polar surface area (TPSA) is 41.1 Å². The van der Waals surface area contributed by atoms with Crippen molar-refractivity contribution in [3.05, 3.63) is 0 Å². The molecular formula is C10H20N2O. The van der Waals surface area contributed by atoms with Crippen LogP contribution in [-0.2, 0) is 0 Å². The predicted octanol–water partition coefficient (Wildman–Crippen LogP) is 1.88. The minimum atomic E-state index is -0.0367. The van der Waals surface area contributed by atoms with Gasteiger partial charge in [0, 0.05) is 13.1 Å². The van der Waals surface area contributed by atoms with Crippen LogP contribution in [0.25, 0.3) is 0 Å². The number of amides is 2. The minimum Gasteiger partial charge on any atom is -0.341 e. The van der Waals surface area contributed by atoms with Crippen LogP contribution in [0.2, 0.25) is 0 Å². The Hall–Kier alpha value is -0.730. The Morgan fingerprint density at radius 1 is 1.38 bits per heavy atom. The van der Waals surface area contributed by atoms with Crippen LogP contribution in [0.1, 0.15) is 39.0 Å². The van der Waals surface area contributed by atoms with E-state index in [1.807, 2.05) is 0 Å². The molecule has 2 amide bonds. The first-order valence-corrected chi connectivity index (χ1v) is 5.26. The summed E-state index contributed by atoms with van der Waals surface area (Å²) in [4.78, 5) is 11.1. The SMILES string of the molecule is CCC1CCCCC1NC(=O)NC. The summed E-state index contributed by atoms with van der Waals surface area (Å²) < 4.78 is 0. The number of carbonyl (C=O) groups excluding carboxylic acids is 1. The first-order valence-electron chi connectivity index (χ1n) is 5.26. The monoisotopic (exact) mass is 184 g/mol. The molecule has 1 aliphatic carbocycles. The smallest absolute Gasteiger partial charge is 0.314 e. The molecular weight excluding hydrogens is 164 g/mol. The van der Waals surface area contributed by atoms with Crippen LogP contribution in [0.3, 0.4) is 0 Å². The fourth-order valence-electron chi connectivity index (χ4n) is 2.13. The third kappa shape index (κ3) is 2.90. The summed E-state index contributed by atoms with van der Waals surface area (Å²) in [6, 6.07) is 0.365. The molecule has 3 heteroatoms. The largest absolute Gasteiger partial charge is 0.341 e. The van der Waals surface area contributed by atoms with Crippen molar-refractivity contribution in [2.75, 3.05) is 7.05 Å². The Kier molecular flexibility index (Phi) is 4.06. The molecule has 2 unspecified atom stereocenters. The van der Waals surface area contributed by atoms with Crippen molar-refractivity contribution < 1.29 is 4.79 Å². The van der Waals surface area contributed by atoms with E-state index >= 15 is 0 Å². The van der Waals surface area contributed by atoms with Crippen molar-refractivity contribution in [1.82, 2.24) is 10.6 Å². The molecule has 0 aliphatic heterocycles. The van der Waals surface area contributed by atoms with Crippen LogP contribution in [0.4, 0.5) is 4.79 Å². The third-order valence-corrected chi connectivity index (χ3v) is 2.98. The van der Waals surface area contributed by atoms with E-state index in [4.69, 9.17) is 0 Å². The third-order valence-electron chi connectivity index (χ3n) is 2.98. The van der Waals surface area contributed by atoms with Crippen LogP contribution in [-0.4, -0.2) is 19.1 Å². The van der Waals surface area contributed by atoms with Gasteiger partial charge in [-0.2, -0.15) is 0 Å². The van der Waals surface area contributed by atoms with Gasteiger partial charge in [0.1, 0.15) is 0 Å². The first kappa shape index (κ1) is 10.4. The summed E-state index contributed by atoms with van der Waals surface area (Å²) in [7, 11) is 1.67. The lowest BCUT2D eigenvalue weighted by Crippen LogP contribution is -2.45. The summed E-state index contributed by atoms with van der Waals surface area (Å²) in [5, 5.41) is 5.63. The summed E-state index contributed by atoms with van der Waals surface area (Å²) >= 11 is 0. The normalized spacial score (nSPS) is 28.2. The van der Waals surface area contributed by atoms with Crippen molar-refractivity contribution in [1.29, 1.82) is 0 Å². The summed E-state index contributed by atoms with van der Waals surface area (Å²) in [5.41, 5.74) is 0. The zero-order valence-electron chi connectivity index (χ0n) is 8.60. The second-order valence-corrected chi connectivity index (χ2v) is 3.78. The van der Waals surface area contributed by atoms with E-state index in [1.165, 1.54) is 25.7 Å². The van der Waals surface area contributed by atoms with Gasteiger partial charge in [-0.1, -0.05) is 26.2 Å². The van der Waals surface area contributed by atoms with Gasteiger partial charge in [0.05, 0.1) is 0 Å². The minimum absolute atomic E-state index is 0.0367. The van der Waals surface area contributed by atoms with Gasteiger partial charge in [-0.25, -0.2) is 4.79 Å². The fraction of sp³-hybridized carbons (Fsp3) is 0.900. The summed E-state index contributed by atoms with van der Waals surface area (Å²) in [6.45, 7) is 2.20. The quantitative estimate of drug-likeness (QED) is 0.676. The molecule has 1 rings (SSSR count). The van der Waals surface area contributed by atoms with Crippen LogP contribution in [0.5, 0.6) is 0 Å². The van der Waals surface area contributed by atoms with E-state index < -0.39 is 0 Å². The fourth-order valence-corrected chi connectivity index (χ4v) is 2.13. The molecule has 2 atom stereocenters. The molecule has 0 aromatic rings. The molecule has 76 valence electrons. The maximum atomic E-state index is 11.1. The van der Waals surface area contributed by atoms with Gasteiger partial charge < -0.3 is 10.6 Å². The predicted molar refractivity (Wildman–Crippen MR) is 53.6 cm³/mol. The van der Waals surface area contributed by atoms with Crippen molar-refractivity contribution in [3.8, 4) is 0 Å². The summed E-state index contributed by atoms with van der Waals surface area (Å²) in [5.74, 6) is 0.686. The lowest BCUT2D eigenvalue weighted by Gasteiger charge is -2.31. The van der Waals surface area contributed by atoms with Crippen LogP contribution >= 0.6 is 0 Å². The van der Waals surface area contributed by atoms with Gasteiger partial charge in [-0.15, -0.1) is 0 Å². The van der Waals surface area contributed by atoms with E-state index in [-0.39, 0.29) is 6.03 Å². The Bertz CT molecular complexity index is 170. The van der Waals surface area contributed by atoms with Crippen molar-refractivity contribution in [2.24, 2.45) is 5.92 Å². The molecule has 13 heavy (non-hydrogen) atoms. The number of hydrogen-bond donors (Lipinski definition) is 2. The number of urea groups is 1. The molecule has 1 aliphatic rings. The van der Waals surface area contributed by atoms with Crippen molar-refractivity contribution in [3.63, 3.8) is 0 Å². The highest BCUT2D eigenvalue weighted by Gasteiger charge is 2.24. The van der Waals surface area contributed by atoms with Gasteiger partial charge in [0.2, 0.25) is 0 Å². The van der Waals surface area contributed by atoms with E-state index in [9.17, 15) is 4.79 Å². The van der Waals surface area contributed by atoms with Gasteiger partial charge in [-0.3, -0.25) is 0 Å². The van der Waals surface area contributed by atoms with Gasteiger partial charge in [-0.05, 0) is 18.8 Å². The van der Waals surface area contributed by atoms with Gasteiger partial charge in [0.25, 0.3) is 0 Å². The molecule has 1 saturated carbocycles. The highest BCUT2D eigenvalue weighted by atomic mass is 16.2. The van der Waals surface area contributed by atoms with Crippen LogP contribution in [0.15, 0.2) is 0 Å². The van der Waals surface area contributed by atoms with Crippen LogP contribution < -0.4 is 10.6 Å². The number of hydrogen-bond acceptors (Lipinski definition) is 1. The maximum Gasteiger partial charge on any atom is 0.314 e. The second-order valence-electron chi connectivity index (χ2n) is 3.78. The van der Waals surface area contributed by atoms with Crippen molar-refractivity contribution >= 4 is 6.03 Å². The van der Waals surface area contributed by atoms with Gasteiger partial charge in [0.15, 0.2) is 0 Å². The maximum absolute atomic E-state index is 11.1. The lowest BCUT2D eigenvalue weighted by molar-refractivity contribution is 0.217. The molecule has 1 fully saturated rings. The average Bonchev–Trinajstić information content (AvgIpc) is 2.18. The molecule has 0 radical (unpaired) electrons. The first-order chi connectivity index (χ1) is 6.27. The Morgan fingerprint density at radius 2 is 2.08 bits per heavy atom. The molecule has 3 nitrogen and oxygen atoms in total.